The highest BCUT2D eigenvalue weighted by atomic mass is 19.4. The van der Waals surface area contributed by atoms with E-state index in [4.69, 9.17) is 4.74 Å². The molecule has 1 fully saturated rings. The van der Waals surface area contributed by atoms with Crippen LogP contribution >= 0.6 is 0 Å². The van der Waals surface area contributed by atoms with Gasteiger partial charge < -0.3 is 14.4 Å². The second-order valence-electron chi connectivity index (χ2n) is 4.15. The fraction of sp³-hybridized carbons (Fsp3) is 0.900. The Morgan fingerprint density at radius 3 is 2.71 bits per heavy atom. The molecule has 17 heavy (non-hydrogen) atoms. The number of nitrogens with zero attached hydrogens (tertiary/aromatic N) is 1. The summed E-state index contributed by atoms with van der Waals surface area (Å²) in [7, 11) is 0. The number of morpholine rings is 1. The van der Waals surface area contributed by atoms with Gasteiger partial charge in [0, 0.05) is 6.54 Å². The van der Waals surface area contributed by atoms with Crippen molar-refractivity contribution in [2.45, 2.75) is 32.2 Å². The van der Waals surface area contributed by atoms with E-state index < -0.39 is 25.3 Å². The smallest absolute Gasteiger partial charge is 0.375 e. The Kier molecular flexibility index (Phi) is 4.76. The number of carbonyl (C=O) groups is 1. The molecule has 1 heterocycles. The molecule has 0 radical (unpaired) electrons. The van der Waals surface area contributed by atoms with Crippen LogP contribution in [0.2, 0.25) is 0 Å². The van der Waals surface area contributed by atoms with Crippen LogP contribution in [0.1, 0.15) is 13.8 Å². The highest BCUT2D eigenvalue weighted by Crippen LogP contribution is 2.15. The third-order valence-electron chi connectivity index (χ3n) is 2.42. The lowest BCUT2D eigenvalue weighted by atomic mass is 10.2. The van der Waals surface area contributed by atoms with Crippen LogP contribution < -0.4 is 0 Å². The third kappa shape index (κ3) is 4.91. The highest BCUT2D eigenvalue weighted by molar-refractivity contribution is 5.77. The van der Waals surface area contributed by atoms with Gasteiger partial charge in [0.25, 0.3) is 0 Å². The van der Waals surface area contributed by atoms with Gasteiger partial charge in [-0.3, -0.25) is 4.79 Å². The van der Waals surface area contributed by atoms with Crippen molar-refractivity contribution < 1.29 is 27.4 Å². The van der Waals surface area contributed by atoms with Crippen molar-refractivity contribution in [1.29, 1.82) is 0 Å². The van der Waals surface area contributed by atoms with E-state index in [1.54, 1.807) is 6.92 Å². The second kappa shape index (κ2) is 5.68. The Balaban J connectivity index is 2.36. The summed E-state index contributed by atoms with van der Waals surface area (Å²) in [5.41, 5.74) is 0. The first-order chi connectivity index (χ1) is 7.79. The lowest BCUT2D eigenvalue weighted by Gasteiger charge is -2.36. The molecule has 1 amide bonds. The minimum Gasteiger partial charge on any atom is -0.375 e. The van der Waals surface area contributed by atoms with Gasteiger partial charge in [0.05, 0.1) is 18.8 Å². The molecule has 0 aromatic rings. The molecule has 1 aliphatic heterocycles. The minimum atomic E-state index is -4.40. The minimum absolute atomic E-state index is 0.0993. The number of ether oxygens (including phenoxy) is 2. The van der Waals surface area contributed by atoms with E-state index in [0.717, 1.165) is 0 Å². The Morgan fingerprint density at radius 1 is 1.47 bits per heavy atom. The normalized spacial score (nSPS) is 26.1. The summed E-state index contributed by atoms with van der Waals surface area (Å²) < 4.78 is 45.1. The van der Waals surface area contributed by atoms with Crippen molar-refractivity contribution in [2.24, 2.45) is 0 Å². The molecule has 0 spiro atoms. The number of carbonyl (C=O) groups excluding carboxylic acids is 1. The quantitative estimate of drug-likeness (QED) is 0.760. The van der Waals surface area contributed by atoms with Gasteiger partial charge in [0.2, 0.25) is 5.91 Å². The Morgan fingerprint density at radius 2 is 2.12 bits per heavy atom. The van der Waals surface area contributed by atoms with Crippen LogP contribution in [-0.2, 0) is 14.3 Å². The van der Waals surface area contributed by atoms with Gasteiger partial charge in [-0.15, -0.1) is 0 Å². The summed E-state index contributed by atoms with van der Waals surface area (Å²) in [5.74, 6) is -0.433. The molecule has 2 unspecified atom stereocenters. The van der Waals surface area contributed by atoms with Crippen molar-refractivity contribution in [1.82, 2.24) is 4.90 Å². The third-order valence-corrected chi connectivity index (χ3v) is 2.42. The Labute approximate surface area is 97.7 Å². The molecule has 1 aliphatic rings. The van der Waals surface area contributed by atoms with Crippen LogP contribution in [0.5, 0.6) is 0 Å². The van der Waals surface area contributed by atoms with Crippen LogP contribution in [0.25, 0.3) is 0 Å². The molecule has 0 aromatic carbocycles. The summed E-state index contributed by atoms with van der Waals surface area (Å²) in [6.07, 6.45) is -4.50. The van der Waals surface area contributed by atoms with Crippen molar-refractivity contribution in [2.75, 3.05) is 26.4 Å². The van der Waals surface area contributed by atoms with E-state index >= 15 is 0 Å². The Hall–Kier alpha value is -0.820. The average Bonchev–Trinajstić information content (AvgIpc) is 2.19. The van der Waals surface area contributed by atoms with Gasteiger partial charge in [0.1, 0.15) is 13.2 Å². The molecular weight excluding hydrogens is 239 g/mol. The maximum absolute atomic E-state index is 11.8. The molecule has 0 aliphatic carbocycles. The summed E-state index contributed by atoms with van der Waals surface area (Å²) in [6, 6.07) is -0.131. The predicted octanol–water partition coefficient (Wildman–Crippen LogP) is 1.20. The van der Waals surface area contributed by atoms with Crippen LogP contribution in [0.3, 0.4) is 0 Å². The number of alkyl halides is 3. The lowest BCUT2D eigenvalue weighted by molar-refractivity contribution is -0.180. The van der Waals surface area contributed by atoms with E-state index in [9.17, 15) is 18.0 Å². The molecule has 1 rings (SSSR count). The highest BCUT2D eigenvalue weighted by Gasteiger charge is 2.30. The van der Waals surface area contributed by atoms with Crippen LogP contribution in [0, 0.1) is 0 Å². The summed E-state index contributed by atoms with van der Waals surface area (Å²) in [4.78, 5) is 13.1. The SMILES string of the molecule is CC1CN(C(=O)COCC(F)(F)F)C(C)CO1. The van der Waals surface area contributed by atoms with E-state index in [1.165, 1.54) is 4.90 Å². The standard InChI is InChI=1S/C10H16F3NO3/c1-7-4-17-8(2)3-14(7)9(15)5-16-6-10(11,12)13/h7-8H,3-6H2,1-2H3. The topological polar surface area (TPSA) is 38.8 Å². The predicted molar refractivity (Wildman–Crippen MR) is 53.5 cm³/mol. The van der Waals surface area contributed by atoms with Crippen LogP contribution in [0.4, 0.5) is 13.2 Å². The Bertz CT molecular complexity index is 270. The van der Waals surface area contributed by atoms with Crippen LogP contribution in [-0.4, -0.2) is 55.5 Å². The van der Waals surface area contributed by atoms with Gasteiger partial charge in [0.15, 0.2) is 0 Å². The zero-order chi connectivity index (χ0) is 13.1. The zero-order valence-electron chi connectivity index (χ0n) is 9.79. The molecule has 0 bridgehead atoms. The first-order valence-corrected chi connectivity index (χ1v) is 5.35. The fourth-order valence-electron chi connectivity index (χ4n) is 1.59. The molecule has 0 N–H and O–H groups in total. The number of amides is 1. The van der Waals surface area contributed by atoms with Gasteiger partial charge in [-0.2, -0.15) is 13.2 Å². The number of halogens is 3. The van der Waals surface area contributed by atoms with Crippen molar-refractivity contribution in [3.05, 3.63) is 0 Å². The van der Waals surface area contributed by atoms with Crippen molar-refractivity contribution in [3.8, 4) is 0 Å². The number of hydrogen-bond donors (Lipinski definition) is 0. The molecule has 2 atom stereocenters. The maximum Gasteiger partial charge on any atom is 0.411 e. The number of hydrogen-bond acceptors (Lipinski definition) is 3. The van der Waals surface area contributed by atoms with Crippen molar-refractivity contribution in [3.63, 3.8) is 0 Å². The molecule has 7 heteroatoms. The first kappa shape index (κ1) is 14.2. The summed E-state index contributed by atoms with van der Waals surface area (Å²) in [6.45, 7) is 2.43. The molecule has 1 saturated heterocycles. The molecule has 0 aromatic heterocycles. The van der Waals surface area contributed by atoms with Crippen molar-refractivity contribution >= 4 is 5.91 Å². The first-order valence-electron chi connectivity index (χ1n) is 5.35. The summed E-state index contributed by atoms with van der Waals surface area (Å²) >= 11 is 0. The maximum atomic E-state index is 11.8. The van der Waals surface area contributed by atoms with E-state index in [1.807, 2.05) is 6.92 Å². The number of rotatable bonds is 3. The van der Waals surface area contributed by atoms with Gasteiger partial charge in [-0.05, 0) is 13.8 Å². The van der Waals surface area contributed by atoms with Gasteiger partial charge in [-0.25, -0.2) is 0 Å². The molecule has 4 nitrogen and oxygen atoms in total. The lowest BCUT2D eigenvalue weighted by Crippen LogP contribution is -2.51. The van der Waals surface area contributed by atoms with Gasteiger partial charge >= 0.3 is 6.18 Å². The largest absolute Gasteiger partial charge is 0.411 e. The van der Waals surface area contributed by atoms with Crippen LogP contribution in [0.15, 0.2) is 0 Å². The van der Waals surface area contributed by atoms with E-state index in [2.05, 4.69) is 4.74 Å². The molecule has 100 valence electrons. The van der Waals surface area contributed by atoms with E-state index in [0.29, 0.717) is 13.2 Å². The monoisotopic (exact) mass is 255 g/mol. The van der Waals surface area contributed by atoms with E-state index in [-0.39, 0.29) is 12.1 Å². The molecular formula is C10H16F3NO3. The second-order valence-corrected chi connectivity index (χ2v) is 4.15. The zero-order valence-corrected chi connectivity index (χ0v) is 9.79. The fourth-order valence-corrected chi connectivity index (χ4v) is 1.59. The summed E-state index contributed by atoms with van der Waals surface area (Å²) in [5, 5.41) is 0. The molecule has 0 saturated carbocycles. The average molecular weight is 255 g/mol. The van der Waals surface area contributed by atoms with Gasteiger partial charge in [-0.1, -0.05) is 0 Å².